The predicted molar refractivity (Wildman–Crippen MR) is 81.0 cm³/mol. The number of ether oxygens (including phenoxy) is 1. The fourth-order valence-corrected chi connectivity index (χ4v) is 0.739. The second-order valence-electron chi connectivity index (χ2n) is 3.02. The molecule has 0 atom stereocenters. The van der Waals surface area contributed by atoms with Gasteiger partial charge in [0.15, 0.2) is 0 Å². The van der Waals surface area contributed by atoms with Crippen LogP contribution < -0.4 is 0 Å². The quantitative estimate of drug-likeness (QED) is 0.402. The van der Waals surface area contributed by atoms with Crippen molar-refractivity contribution in [1.29, 1.82) is 0 Å². The summed E-state index contributed by atoms with van der Waals surface area (Å²) in [7, 11) is 0. The summed E-state index contributed by atoms with van der Waals surface area (Å²) in [6.45, 7) is 14.4. The van der Waals surface area contributed by atoms with Crippen molar-refractivity contribution in [2.24, 2.45) is 0 Å². The van der Waals surface area contributed by atoms with E-state index in [1.54, 1.807) is 24.3 Å². The summed E-state index contributed by atoms with van der Waals surface area (Å²) in [5, 5.41) is 15.6. The number of rotatable bonds is 8. The number of hydrogen-bond acceptors (Lipinski definition) is 3. The zero-order valence-electron chi connectivity index (χ0n) is 10.6. The summed E-state index contributed by atoms with van der Waals surface area (Å²) in [5.74, 6) is -2.51. The third kappa shape index (κ3) is 16.6. The van der Waals surface area contributed by atoms with Crippen molar-refractivity contribution in [3.8, 4) is 0 Å². The molecule has 0 aromatic heterocycles. The summed E-state index contributed by atoms with van der Waals surface area (Å²) in [6.07, 6.45) is 7.55. The Labute approximate surface area is 140 Å². The van der Waals surface area contributed by atoms with E-state index < -0.39 is 11.9 Å². The molecule has 2 N–H and O–H groups in total. The van der Waals surface area contributed by atoms with Gasteiger partial charge in [-0.05, 0) is 0 Å². The Kier molecular flexibility index (Phi) is 18.5. The molecule has 0 aliphatic rings. The van der Waals surface area contributed by atoms with Crippen LogP contribution in [0.5, 0.6) is 0 Å². The minimum absolute atomic E-state index is 0. The molecule has 0 saturated heterocycles. The molecule has 0 saturated carbocycles. The van der Waals surface area contributed by atoms with Gasteiger partial charge in [-0.3, -0.25) is 0 Å². The van der Waals surface area contributed by atoms with Crippen molar-refractivity contribution in [2.45, 2.75) is 12.2 Å². The van der Waals surface area contributed by atoms with E-state index in [-0.39, 0.29) is 41.8 Å². The second kappa shape index (κ2) is 15.7. The molecule has 0 rings (SSSR count). The third-order valence-corrected chi connectivity index (χ3v) is 1.61. The fourth-order valence-electron chi connectivity index (χ4n) is 0.739. The van der Waals surface area contributed by atoms with Crippen LogP contribution in [0, 0.1) is 0 Å². The summed E-state index contributed by atoms with van der Waals surface area (Å²) in [4.78, 5) is 19.1. The van der Waals surface area contributed by atoms with Crippen LogP contribution >= 0.6 is 0 Å². The van der Waals surface area contributed by atoms with E-state index in [1.165, 1.54) is 0 Å². The van der Waals surface area contributed by atoms with E-state index in [4.69, 9.17) is 14.9 Å². The molecule has 0 aliphatic heterocycles. The van der Waals surface area contributed by atoms with Crippen molar-refractivity contribution in [1.82, 2.24) is 0 Å². The second-order valence-corrected chi connectivity index (χ2v) is 3.02. The molecule has 106 valence electrons. The van der Waals surface area contributed by atoms with Crippen LogP contribution in [0.25, 0.3) is 0 Å². The van der Waals surface area contributed by atoms with Gasteiger partial charge in [0.1, 0.15) is 0 Å². The molecular formula is C14H19NaO5. The first-order chi connectivity index (χ1) is 8.90. The van der Waals surface area contributed by atoms with E-state index in [0.29, 0.717) is 12.2 Å². The maximum absolute atomic E-state index is 9.55. The van der Waals surface area contributed by atoms with Crippen molar-refractivity contribution in [3.05, 3.63) is 62.8 Å². The monoisotopic (exact) mass is 290 g/mol. The first-order valence-electron chi connectivity index (χ1n) is 5.20. The summed E-state index contributed by atoms with van der Waals surface area (Å²) < 4.78 is 5.38. The first-order valence-corrected chi connectivity index (χ1v) is 5.20. The molecule has 0 aromatic carbocycles. The van der Waals surface area contributed by atoms with Crippen LogP contribution in [0.1, 0.15) is 0 Å². The molecule has 0 unspecified atom stereocenters. The predicted octanol–water partition coefficient (Wildman–Crippen LogP) is 1.55. The van der Waals surface area contributed by atoms with Gasteiger partial charge in [-0.1, -0.05) is 24.3 Å². The molecule has 0 fully saturated rings. The van der Waals surface area contributed by atoms with Crippen molar-refractivity contribution >= 4 is 41.5 Å². The first kappa shape index (κ1) is 23.7. The Morgan fingerprint density at radius 2 is 1.05 bits per heavy atom. The van der Waals surface area contributed by atoms with Gasteiger partial charge in [0.25, 0.3) is 0 Å². The molecule has 20 heavy (non-hydrogen) atoms. The van der Waals surface area contributed by atoms with Crippen molar-refractivity contribution < 1.29 is 24.5 Å². The molecule has 0 heterocycles. The van der Waals surface area contributed by atoms with Gasteiger partial charge in [-0.25, -0.2) is 9.59 Å². The Hall–Kier alpha value is -1.40. The van der Waals surface area contributed by atoms with Gasteiger partial charge >= 0.3 is 41.5 Å². The number of carboxylic acids is 2. The fraction of sp³-hybridized carbons (Fsp3) is 0.143. The normalized spacial score (nSPS) is 9.10. The van der Waals surface area contributed by atoms with Crippen LogP contribution in [0.15, 0.2) is 62.8 Å². The molecule has 5 nitrogen and oxygen atoms in total. The van der Waals surface area contributed by atoms with Gasteiger partial charge < -0.3 is 14.9 Å². The third-order valence-electron chi connectivity index (χ3n) is 1.61. The molecule has 6 heteroatoms. The zero-order chi connectivity index (χ0) is 15.3. The van der Waals surface area contributed by atoms with Gasteiger partial charge in [0.05, 0.1) is 12.2 Å². The summed E-state index contributed by atoms with van der Waals surface area (Å²) in [5.41, 5.74) is 0. The molecular weight excluding hydrogens is 271 g/mol. The van der Waals surface area contributed by atoms with Gasteiger partial charge in [-0.2, -0.15) is 0 Å². The zero-order valence-corrected chi connectivity index (χ0v) is 10.6. The minimum atomic E-state index is -1.26. The topological polar surface area (TPSA) is 83.8 Å². The Morgan fingerprint density at radius 3 is 1.20 bits per heavy atom. The molecule has 0 bridgehead atoms. The molecule has 0 spiro atoms. The maximum atomic E-state index is 9.55. The average molecular weight is 290 g/mol. The van der Waals surface area contributed by atoms with E-state index in [2.05, 4.69) is 26.3 Å². The molecule has 0 amide bonds. The van der Waals surface area contributed by atoms with Gasteiger partial charge in [0.2, 0.25) is 0 Å². The van der Waals surface area contributed by atoms with Crippen LogP contribution in [0.3, 0.4) is 0 Å². The number of hydrogen-bond donors (Lipinski definition) is 2. The van der Waals surface area contributed by atoms with Crippen molar-refractivity contribution in [2.75, 3.05) is 0 Å². The molecule has 0 aliphatic carbocycles. The molecule has 0 radical (unpaired) electrons. The Balaban J connectivity index is -0.000000288. The Morgan fingerprint density at radius 1 is 0.800 bits per heavy atom. The summed E-state index contributed by atoms with van der Waals surface area (Å²) in [6, 6.07) is 0. The number of aliphatic carboxylic acids is 2. The van der Waals surface area contributed by atoms with E-state index in [0.717, 1.165) is 0 Å². The van der Waals surface area contributed by atoms with E-state index in [1.807, 2.05) is 0 Å². The van der Waals surface area contributed by atoms with Crippen LogP contribution in [0.4, 0.5) is 0 Å². The van der Waals surface area contributed by atoms with Crippen LogP contribution in [0.2, 0.25) is 0 Å². The number of carboxylic acid groups (broad SMARTS) is 2. The van der Waals surface area contributed by atoms with E-state index in [9.17, 15) is 9.59 Å². The van der Waals surface area contributed by atoms with Gasteiger partial charge in [0, 0.05) is 12.2 Å². The standard InChI is InChI=1S/C10H14O.C4H4O4.Na.H/c1-5-9(6-2)11-10(7-3)8-4;5-3(6)1-2-4(7)8;;/h5-10H,1-4H2;1-2H,(H,5,6)(H,7,8);;. The Bertz CT molecular complexity index is 324. The number of carbonyl (C=O) groups is 2. The van der Waals surface area contributed by atoms with Crippen LogP contribution in [-0.2, 0) is 14.3 Å². The summed E-state index contributed by atoms with van der Waals surface area (Å²) >= 11 is 0. The SMILES string of the molecule is C=CC(C=C)OC(C=C)C=C.O=C(O)C=CC(=O)O.[NaH]. The van der Waals surface area contributed by atoms with E-state index >= 15 is 0 Å². The average Bonchev–Trinajstić information content (AvgIpc) is 2.39. The molecule has 0 aromatic rings. The van der Waals surface area contributed by atoms with Crippen LogP contribution in [-0.4, -0.2) is 63.9 Å². The van der Waals surface area contributed by atoms with Crippen molar-refractivity contribution in [3.63, 3.8) is 0 Å². The van der Waals surface area contributed by atoms with Gasteiger partial charge in [-0.15, -0.1) is 26.3 Å².